The van der Waals surface area contributed by atoms with Crippen LogP contribution in [0, 0.1) is 5.92 Å². The van der Waals surface area contributed by atoms with Gasteiger partial charge in [-0.3, -0.25) is 4.79 Å². The number of aromatic nitrogens is 2. The van der Waals surface area contributed by atoms with Crippen LogP contribution in [0.4, 0.5) is 5.69 Å². The number of hydrogen-bond donors (Lipinski definition) is 2. The standard InChI is InChI=1S/C12H18ClN3O2/c1-4-5-16-12(18)11(13)9(6-14-16)15-10(7-17)8(2)3/h4,6,8,10,15,17H,1,5,7H2,2-3H3. The molecule has 0 spiro atoms. The van der Waals surface area contributed by atoms with E-state index in [1.54, 1.807) is 6.08 Å². The van der Waals surface area contributed by atoms with Gasteiger partial charge in [-0.25, -0.2) is 4.68 Å². The minimum atomic E-state index is -0.373. The van der Waals surface area contributed by atoms with E-state index in [-0.39, 0.29) is 29.1 Å². The van der Waals surface area contributed by atoms with Crippen molar-refractivity contribution in [3.05, 3.63) is 34.2 Å². The van der Waals surface area contributed by atoms with Crippen LogP contribution in [-0.4, -0.2) is 27.5 Å². The Morgan fingerprint density at radius 3 is 2.83 bits per heavy atom. The average molecular weight is 272 g/mol. The highest BCUT2D eigenvalue weighted by Gasteiger charge is 2.15. The van der Waals surface area contributed by atoms with Gasteiger partial charge in [0, 0.05) is 0 Å². The van der Waals surface area contributed by atoms with Gasteiger partial charge in [0.25, 0.3) is 5.56 Å². The van der Waals surface area contributed by atoms with Gasteiger partial charge in [0.15, 0.2) is 0 Å². The second kappa shape index (κ2) is 6.56. The molecule has 0 aliphatic carbocycles. The third-order valence-electron chi connectivity index (χ3n) is 2.63. The van der Waals surface area contributed by atoms with Crippen molar-refractivity contribution in [2.24, 2.45) is 5.92 Å². The highest BCUT2D eigenvalue weighted by Crippen LogP contribution is 2.18. The smallest absolute Gasteiger partial charge is 0.287 e. The molecule has 0 aliphatic rings. The maximum absolute atomic E-state index is 11.8. The van der Waals surface area contributed by atoms with E-state index in [0.717, 1.165) is 0 Å². The van der Waals surface area contributed by atoms with E-state index in [1.807, 2.05) is 13.8 Å². The zero-order valence-electron chi connectivity index (χ0n) is 10.6. The summed E-state index contributed by atoms with van der Waals surface area (Å²) in [5, 5.41) is 16.3. The molecule has 0 radical (unpaired) electrons. The lowest BCUT2D eigenvalue weighted by atomic mass is 10.1. The summed E-state index contributed by atoms with van der Waals surface area (Å²) >= 11 is 5.99. The molecule has 100 valence electrons. The van der Waals surface area contributed by atoms with Crippen molar-refractivity contribution >= 4 is 17.3 Å². The molecule has 6 heteroatoms. The Morgan fingerprint density at radius 2 is 2.33 bits per heavy atom. The van der Waals surface area contributed by atoms with Gasteiger partial charge in [0.05, 0.1) is 31.1 Å². The van der Waals surface area contributed by atoms with Crippen molar-refractivity contribution in [1.29, 1.82) is 0 Å². The largest absolute Gasteiger partial charge is 0.394 e. The summed E-state index contributed by atoms with van der Waals surface area (Å²) in [4.78, 5) is 11.8. The second-order valence-corrected chi connectivity index (χ2v) is 4.70. The van der Waals surface area contributed by atoms with E-state index in [0.29, 0.717) is 12.2 Å². The number of rotatable bonds is 6. The minimum Gasteiger partial charge on any atom is -0.394 e. The number of hydrogen-bond acceptors (Lipinski definition) is 4. The second-order valence-electron chi connectivity index (χ2n) is 4.33. The Balaban J connectivity index is 3.01. The number of nitrogens with one attached hydrogen (secondary N) is 1. The quantitative estimate of drug-likeness (QED) is 0.770. The highest BCUT2D eigenvalue weighted by atomic mass is 35.5. The summed E-state index contributed by atoms with van der Waals surface area (Å²) in [6.07, 6.45) is 3.06. The Hall–Kier alpha value is -1.33. The van der Waals surface area contributed by atoms with Crippen LogP contribution in [-0.2, 0) is 6.54 Å². The van der Waals surface area contributed by atoms with Crippen molar-refractivity contribution < 1.29 is 5.11 Å². The van der Waals surface area contributed by atoms with Crippen LogP contribution in [0.1, 0.15) is 13.8 Å². The fraction of sp³-hybridized carbons (Fsp3) is 0.500. The maximum Gasteiger partial charge on any atom is 0.287 e. The van der Waals surface area contributed by atoms with Crippen molar-refractivity contribution in [1.82, 2.24) is 9.78 Å². The fourth-order valence-electron chi connectivity index (χ4n) is 1.44. The number of aliphatic hydroxyl groups excluding tert-OH is 1. The zero-order chi connectivity index (χ0) is 13.7. The molecule has 18 heavy (non-hydrogen) atoms. The molecule has 2 N–H and O–H groups in total. The zero-order valence-corrected chi connectivity index (χ0v) is 11.3. The molecule has 1 aromatic heterocycles. The van der Waals surface area contributed by atoms with Gasteiger partial charge in [0.1, 0.15) is 5.02 Å². The number of anilines is 1. The summed E-state index contributed by atoms with van der Waals surface area (Å²) in [7, 11) is 0. The molecule has 1 atom stereocenters. The van der Waals surface area contributed by atoms with Gasteiger partial charge in [-0.05, 0) is 5.92 Å². The third-order valence-corrected chi connectivity index (χ3v) is 2.99. The van der Waals surface area contributed by atoms with Gasteiger partial charge in [-0.15, -0.1) is 6.58 Å². The topological polar surface area (TPSA) is 67.2 Å². The molecular weight excluding hydrogens is 254 g/mol. The Labute approximate surface area is 111 Å². The van der Waals surface area contributed by atoms with Crippen molar-refractivity contribution in [2.75, 3.05) is 11.9 Å². The van der Waals surface area contributed by atoms with E-state index >= 15 is 0 Å². The number of nitrogens with zero attached hydrogens (tertiary/aromatic N) is 2. The van der Waals surface area contributed by atoms with Crippen molar-refractivity contribution in [3.8, 4) is 0 Å². The van der Waals surface area contributed by atoms with Crippen LogP contribution >= 0.6 is 11.6 Å². The summed E-state index contributed by atoms with van der Waals surface area (Å²) in [6, 6.07) is -0.168. The number of halogens is 1. The molecule has 0 saturated carbocycles. The van der Waals surface area contributed by atoms with E-state index in [9.17, 15) is 9.90 Å². The maximum atomic E-state index is 11.8. The molecule has 1 rings (SSSR count). The molecule has 5 nitrogen and oxygen atoms in total. The number of aliphatic hydroxyl groups is 1. The number of allylic oxidation sites excluding steroid dienone is 1. The van der Waals surface area contributed by atoms with Crippen LogP contribution in [0.15, 0.2) is 23.6 Å². The SMILES string of the molecule is C=CCn1ncc(NC(CO)C(C)C)c(Cl)c1=O. The Bertz CT molecular complexity index is 471. The summed E-state index contributed by atoms with van der Waals surface area (Å²) in [5.74, 6) is 0.210. The molecule has 1 heterocycles. The van der Waals surface area contributed by atoms with E-state index in [4.69, 9.17) is 11.6 Å². The first-order chi connectivity index (χ1) is 8.51. The van der Waals surface area contributed by atoms with Gasteiger partial charge < -0.3 is 10.4 Å². The lowest BCUT2D eigenvalue weighted by molar-refractivity contribution is 0.249. The van der Waals surface area contributed by atoms with Gasteiger partial charge >= 0.3 is 0 Å². The van der Waals surface area contributed by atoms with Gasteiger partial charge in [0.2, 0.25) is 0 Å². The summed E-state index contributed by atoms with van der Waals surface area (Å²) in [5.41, 5.74) is 0.0664. The third kappa shape index (κ3) is 3.34. The molecule has 0 saturated heterocycles. The van der Waals surface area contributed by atoms with Gasteiger partial charge in [-0.1, -0.05) is 31.5 Å². The highest BCUT2D eigenvalue weighted by molar-refractivity contribution is 6.32. The van der Waals surface area contributed by atoms with Crippen LogP contribution < -0.4 is 10.9 Å². The molecule has 0 aromatic carbocycles. The molecular formula is C12H18ClN3O2. The first-order valence-electron chi connectivity index (χ1n) is 5.75. The Morgan fingerprint density at radius 1 is 1.67 bits per heavy atom. The fourth-order valence-corrected chi connectivity index (χ4v) is 1.64. The molecule has 0 amide bonds. The molecule has 0 fully saturated rings. The summed E-state index contributed by atoms with van der Waals surface area (Å²) in [6.45, 7) is 7.75. The minimum absolute atomic E-state index is 0.0380. The van der Waals surface area contributed by atoms with Crippen LogP contribution in [0.5, 0.6) is 0 Å². The molecule has 1 aromatic rings. The van der Waals surface area contributed by atoms with Gasteiger partial charge in [-0.2, -0.15) is 5.10 Å². The molecule has 0 bridgehead atoms. The van der Waals surface area contributed by atoms with Crippen molar-refractivity contribution in [3.63, 3.8) is 0 Å². The lowest BCUT2D eigenvalue weighted by Gasteiger charge is -2.21. The van der Waals surface area contributed by atoms with Crippen LogP contribution in [0.3, 0.4) is 0 Å². The van der Waals surface area contributed by atoms with Crippen molar-refractivity contribution in [2.45, 2.75) is 26.4 Å². The summed E-state index contributed by atoms with van der Waals surface area (Å²) < 4.78 is 1.23. The van der Waals surface area contributed by atoms with Crippen LogP contribution in [0.25, 0.3) is 0 Å². The first-order valence-corrected chi connectivity index (χ1v) is 6.13. The lowest BCUT2D eigenvalue weighted by Crippen LogP contribution is -2.31. The monoisotopic (exact) mass is 271 g/mol. The van der Waals surface area contributed by atoms with E-state index < -0.39 is 0 Å². The molecule has 0 aliphatic heterocycles. The first kappa shape index (κ1) is 14.7. The molecule has 1 unspecified atom stereocenters. The van der Waals surface area contributed by atoms with E-state index in [1.165, 1.54) is 10.9 Å². The van der Waals surface area contributed by atoms with E-state index in [2.05, 4.69) is 17.0 Å². The predicted molar refractivity (Wildman–Crippen MR) is 73.0 cm³/mol. The Kier molecular flexibility index (Phi) is 5.37. The normalized spacial score (nSPS) is 12.5. The average Bonchev–Trinajstić information content (AvgIpc) is 2.34. The van der Waals surface area contributed by atoms with Crippen LogP contribution in [0.2, 0.25) is 5.02 Å². The predicted octanol–water partition coefficient (Wildman–Crippen LogP) is 1.51.